The molecule has 0 unspecified atom stereocenters. The van der Waals surface area contributed by atoms with Gasteiger partial charge in [0.15, 0.2) is 17.3 Å². The van der Waals surface area contributed by atoms with Crippen LogP contribution in [0.15, 0.2) is 22.6 Å². The van der Waals surface area contributed by atoms with E-state index in [1.165, 1.54) is 0 Å². The van der Waals surface area contributed by atoms with Crippen LogP contribution in [-0.2, 0) is 4.79 Å². The summed E-state index contributed by atoms with van der Waals surface area (Å²) in [6.07, 6.45) is 0.503. The van der Waals surface area contributed by atoms with Crippen LogP contribution in [0.2, 0.25) is 0 Å². The first-order chi connectivity index (χ1) is 7.20. The van der Waals surface area contributed by atoms with Crippen LogP contribution >= 0.6 is 0 Å². The Morgan fingerprint density at radius 1 is 1.53 bits per heavy atom. The van der Waals surface area contributed by atoms with Gasteiger partial charge in [0.25, 0.3) is 0 Å². The second-order valence-electron chi connectivity index (χ2n) is 3.21. The van der Waals surface area contributed by atoms with Crippen molar-refractivity contribution in [3.05, 3.63) is 29.7 Å². The van der Waals surface area contributed by atoms with E-state index in [4.69, 9.17) is 4.42 Å². The Balaban J connectivity index is 2.46. The number of aromatic nitrogens is 1. The first-order valence-corrected chi connectivity index (χ1v) is 4.55. The summed E-state index contributed by atoms with van der Waals surface area (Å²) in [6, 6.07) is 4.96. The number of aryl methyl sites for hydroxylation is 1. The minimum atomic E-state index is -0.201. The van der Waals surface area contributed by atoms with Crippen molar-refractivity contribution in [1.82, 2.24) is 4.98 Å². The molecule has 0 spiro atoms. The number of Topliss-reactive ketones (excluding diaryl/α,β-unsaturated/α-hetero) is 1. The van der Waals surface area contributed by atoms with Crippen LogP contribution in [0.4, 0.5) is 0 Å². The second-order valence-corrected chi connectivity index (χ2v) is 3.21. The number of aldehydes is 1. The molecule has 0 radical (unpaired) electrons. The zero-order chi connectivity index (χ0) is 10.8. The molecule has 1 aromatic heterocycles. The third-order valence-electron chi connectivity index (χ3n) is 2.09. The highest BCUT2D eigenvalue weighted by Gasteiger charge is 2.08. The summed E-state index contributed by atoms with van der Waals surface area (Å²) in [6.45, 7) is 1.74. The molecule has 1 aromatic carbocycles. The van der Waals surface area contributed by atoms with Crippen LogP contribution in [0, 0.1) is 6.92 Å². The topological polar surface area (TPSA) is 60.2 Å². The van der Waals surface area contributed by atoms with Crippen molar-refractivity contribution < 1.29 is 14.0 Å². The van der Waals surface area contributed by atoms with Gasteiger partial charge in [0.1, 0.15) is 11.8 Å². The Morgan fingerprint density at radius 3 is 3.07 bits per heavy atom. The lowest BCUT2D eigenvalue weighted by molar-refractivity contribution is -0.107. The quantitative estimate of drug-likeness (QED) is 0.434. The minimum Gasteiger partial charge on any atom is -0.441 e. The van der Waals surface area contributed by atoms with Crippen LogP contribution in [-0.4, -0.2) is 17.1 Å². The number of nitrogens with zero attached hydrogens (tertiary/aromatic N) is 1. The lowest BCUT2D eigenvalue weighted by Gasteiger charge is -1.95. The van der Waals surface area contributed by atoms with Crippen molar-refractivity contribution in [2.24, 2.45) is 0 Å². The number of oxazole rings is 1. The van der Waals surface area contributed by atoms with E-state index in [1.54, 1.807) is 25.1 Å². The van der Waals surface area contributed by atoms with Gasteiger partial charge in [0, 0.05) is 12.5 Å². The van der Waals surface area contributed by atoms with Gasteiger partial charge in [-0.15, -0.1) is 0 Å². The van der Waals surface area contributed by atoms with Crippen molar-refractivity contribution in [3.8, 4) is 0 Å². The normalized spacial score (nSPS) is 10.5. The maximum absolute atomic E-state index is 11.4. The molecule has 0 N–H and O–H groups in total. The molecule has 0 saturated heterocycles. The number of carbonyl (C=O) groups excluding carboxylic acids is 2. The standard InChI is InChI=1S/C11H9NO3/c1-7-12-9-6-8(10(14)4-5-13)2-3-11(9)15-7/h2-3,5-6H,4H2,1H3. The molecule has 76 valence electrons. The van der Waals surface area contributed by atoms with Crippen molar-refractivity contribution >= 4 is 23.2 Å². The van der Waals surface area contributed by atoms with Gasteiger partial charge in [-0.25, -0.2) is 4.98 Å². The predicted molar refractivity (Wildman–Crippen MR) is 53.8 cm³/mol. The maximum atomic E-state index is 11.4. The van der Waals surface area contributed by atoms with Crippen molar-refractivity contribution in [2.45, 2.75) is 13.3 Å². The maximum Gasteiger partial charge on any atom is 0.192 e. The van der Waals surface area contributed by atoms with Gasteiger partial charge < -0.3 is 9.21 Å². The average Bonchev–Trinajstić information content (AvgIpc) is 2.57. The molecule has 0 saturated carbocycles. The summed E-state index contributed by atoms with van der Waals surface area (Å²) in [5.41, 5.74) is 1.78. The van der Waals surface area contributed by atoms with Gasteiger partial charge >= 0.3 is 0 Å². The summed E-state index contributed by atoms with van der Waals surface area (Å²) in [4.78, 5) is 25.7. The second kappa shape index (κ2) is 3.65. The van der Waals surface area contributed by atoms with Gasteiger partial charge in [0.05, 0.1) is 6.42 Å². The molecule has 2 rings (SSSR count). The number of fused-ring (bicyclic) bond motifs is 1. The van der Waals surface area contributed by atoms with Crippen molar-refractivity contribution in [3.63, 3.8) is 0 Å². The van der Waals surface area contributed by atoms with E-state index in [9.17, 15) is 9.59 Å². The SMILES string of the molecule is Cc1nc2cc(C(=O)CC=O)ccc2o1. The highest BCUT2D eigenvalue weighted by Crippen LogP contribution is 2.17. The molecule has 0 fully saturated rings. The van der Waals surface area contributed by atoms with E-state index in [0.717, 1.165) is 0 Å². The Morgan fingerprint density at radius 2 is 2.33 bits per heavy atom. The summed E-state index contributed by atoms with van der Waals surface area (Å²) in [7, 11) is 0. The fourth-order valence-corrected chi connectivity index (χ4v) is 1.41. The average molecular weight is 203 g/mol. The number of rotatable bonds is 3. The molecule has 4 nitrogen and oxygen atoms in total. The fourth-order valence-electron chi connectivity index (χ4n) is 1.41. The molecule has 0 amide bonds. The third-order valence-corrected chi connectivity index (χ3v) is 2.09. The van der Waals surface area contributed by atoms with Crippen LogP contribution in [0.3, 0.4) is 0 Å². The zero-order valence-electron chi connectivity index (χ0n) is 8.19. The molecule has 0 aliphatic rings. The fraction of sp³-hybridized carbons (Fsp3) is 0.182. The Labute approximate surface area is 85.9 Å². The Hall–Kier alpha value is -1.97. The summed E-state index contributed by atoms with van der Waals surface area (Å²) < 4.78 is 5.27. The molecular weight excluding hydrogens is 194 g/mol. The number of ketones is 1. The molecule has 4 heteroatoms. The van der Waals surface area contributed by atoms with Gasteiger partial charge in [-0.2, -0.15) is 0 Å². The molecule has 0 aliphatic heterocycles. The molecule has 0 bridgehead atoms. The number of hydrogen-bond donors (Lipinski definition) is 0. The lowest BCUT2D eigenvalue weighted by atomic mass is 10.1. The highest BCUT2D eigenvalue weighted by atomic mass is 16.3. The third kappa shape index (κ3) is 1.79. The number of benzene rings is 1. The lowest BCUT2D eigenvalue weighted by Crippen LogP contribution is -1.98. The van der Waals surface area contributed by atoms with Crippen LogP contribution in [0.5, 0.6) is 0 Å². The van der Waals surface area contributed by atoms with Crippen molar-refractivity contribution in [2.75, 3.05) is 0 Å². The summed E-state index contributed by atoms with van der Waals surface area (Å²) >= 11 is 0. The molecule has 0 aliphatic carbocycles. The summed E-state index contributed by atoms with van der Waals surface area (Å²) in [5, 5.41) is 0. The highest BCUT2D eigenvalue weighted by molar-refractivity contribution is 6.04. The van der Waals surface area contributed by atoms with Gasteiger partial charge in [-0.3, -0.25) is 4.79 Å². The molecule has 2 aromatic rings. The monoisotopic (exact) mass is 203 g/mol. The Kier molecular flexibility index (Phi) is 2.33. The summed E-state index contributed by atoms with van der Waals surface area (Å²) in [5.74, 6) is 0.359. The van der Waals surface area contributed by atoms with E-state index < -0.39 is 0 Å². The first-order valence-electron chi connectivity index (χ1n) is 4.55. The van der Waals surface area contributed by atoms with Crippen molar-refractivity contribution in [1.29, 1.82) is 0 Å². The molecule has 1 heterocycles. The van der Waals surface area contributed by atoms with E-state index in [2.05, 4.69) is 4.98 Å². The molecular formula is C11H9NO3. The zero-order valence-corrected chi connectivity index (χ0v) is 8.19. The number of carbonyl (C=O) groups is 2. The van der Waals surface area contributed by atoms with Gasteiger partial charge in [0.2, 0.25) is 0 Å². The molecule has 15 heavy (non-hydrogen) atoms. The van der Waals surface area contributed by atoms with E-state index in [1.807, 2.05) is 0 Å². The molecule has 0 atom stereocenters. The van der Waals surface area contributed by atoms with Crippen LogP contribution in [0.25, 0.3) is 11.1 Å². The van der Waals surface area contributed by atoms with Crippen LogP contribution in [0.1, 0.15) is 22.7 Å². The van der Waals surface area contributed by atoms with E-state index in [-0.39, 0.29) is 12.2 Å². The van der Waals surface area contributed by atoms with Gasteiger partial charge in [-0.05, 0) is 18.2 Å². The minimum absolute atomic E-state index is 0.0949. The largest absolute Gasteiger partial charge is 0.441 e. The predicted octanol–water partition coefficient (Wildman–Crippen LogP) is 1.91. The first kappa shape index (κ1) is 9.58. The van der Waals surface area contributed by atoms with E-state index in [0.29, 0.717) is 28.8 Å². The number of hydrogen-bond acceptors (Lipinski definition) is 4. The van der Waals surface area contributed by atoms with Gasteiger partial charge in [-0.1, -0.05) is 0 Å². The van der Waals surface area contributed by atoms with Crippen LogP contribution < -0.4 is 0 Å². The Bertz CT molecular complexity index is 528. The van der Waals surface area contributed by atoms with E-state index >= 15 is 0 Å². The smallest absolute Gasteiger partial charge is 0.192 e.